The Hall–Kier alpha value is -5.87. The van der Waals surface area contributed by atoms with E-state index in [1.165, 1.54) is 33.5 Å². The van der Waals surface area contributed by atoms with Crippen molar-refractivity contribution in [1.82, 2.24) is 19.5 Å². The third kappa shape index (κ3) is 3.41. The first-order valence-corrected chi connectivity index (χ1v) is 15.9. The van der Waals surface area contributed by atoms with Gasteiger partial charge >= 0.3 is 0 Å². The molecule has 5 aromatic carbocycles. The van der Waals surface area contributed by atoms with Gasteiger partial charge in [-0.1, -0.05) is 115 Å². The van der Waals surface area contributed by atoms with Crippen molar-refractivity contribution >= 4 is 16.6 Å². The Labute approximate surface area is 267 Å². The number of nitrogens with zero attached hydrogens (tertiary/aromatic N) is 4. The molecule has 46 heavy (non-hydrogen) atoms. The standard InChI is InChI=1S/C42H28N4/c1-3-13-27(14-4-1)36-26-37(44-40(43-36)28-15-5-2-6-16-28)29-23-24-38-34(25-29)42(41-45-35-21-11-12-22-39(35)46(38)41)32-19-9-7-17-30(32)31-18-8-10-20-33(31)42/h1-7,9-17,19-26H,8,18H2. The summed E-state index contributed by atoms with van der Waals surface area (Å²) in [6, 6.07) is 47.1. The summed E-state index contributed by atoms with van der Waals surface area (Å²) in [7, 11) is 0. The lowest BCUT2D eigenvalue weighted by Gasteiger charge is -2.29. The number of hydrogen-bond acceptors (Lipinski definition) is 3. The van der Waals surface area contributed by atoms with E-state index in [2.05, 4.69) is 126 Å². The molecule has 0 saturated heterocycles. The highest BCUT2D eigenvalue weighted by Crippen LogP contribution is 2.61. The highest BCUT2D eigenvalue weighted by Gasteiger charge is 2.55. The van der Waals surface area contributed by atoms with Gasteiger partial charge in [0.15, 0.2) is 5.82 Å². The fourth-order valence-electron chi connectivity index (χ4n) is 7.95. The maximum Gasteiger partial charge on any atom is 0.160 e. The highest BCUT2D eigenvalue weighted by atomic mass is 15.1. The maximum atomic E-state index is 5.41. The number of allylic oxidation sites excluding steroid dienone is 4. The molecule has 0 N–H and O–H groups in total. The molecule has 0 bridgehead atoms. The second-order valence-electron chi connectivity index (χ2n) is 12.3. The van der Waals surface area contributed by atoms with E-state index in [1.807, 2.05) is 24.3 Å². The molecule has 7 aromatic rings. The molecule has 2 aliphatic carbocycles. The third-order valence-electron chi connectivity index (χ3n) is 9.89. The van der Waals surface area contributed by atoms with Gasteiger partial charge in [-0.25, -0.2) is 15.0 Å². The van der Waals surface area contributed by atoms with Gasteiger partial charge in [-0.15, -0.1) is 0 Å². The van der Waals surface area contributed by atoms with Crippen LogP contribution in [0.15, 0.2) is 151 Å². The highest BCUT2D eigenvalue weighted by molar-refractivity contribution is 5.93. The molecule has 2 aromatic heterocycles. The SMILES string of the molecule is C1=CC2=C(CC1)c1ccccc1C21c2cc(-c3cc(-c4ccccc4)nc(-c4ccccc4)n3)ccc2-n2c1nc1ccccc12. The number of imidazole rings is 1. The van der Waals surface area contributed by atoms with Crippen molar-refractivity contribution in [1.29, 1.82) is 0 Å². The molecular weight excluding hydrogens is 560 g/mol. The minimum absolute atomic E-state index is 0.509. The number of aromatic nitrogens is 4. The summed E-state index contributed by atoms with van der Waals surface area (Å²) in [5.41, 5.74) is 14.5. The second-order valence-corrected chi connectivity index (χ2v) is 12.3. The molecule has 1 atom stereocenters. The van der Waals surface area contributed by atoms with Crippen molar-refractivity contribution in [3.8, 4) is 39.6 Å². The molecule has 0 radical (unpaired) electrons. The van der Waals surface area contributed by atoms with E-state index in [-0.39, 0.29) is 0 Å². The molecule has 0 amide bonds. The lowest BCUT2D eigenvalue weighted by atomic mass is 9.71. The summed E-state index contributed by atoms with van der Waals surface area (Å²) in [5, 5.41) is 0. The third-order valence-corrected chi connectivity index (χ3v) is 9.89. The monoisotopic (exact) mass is 588 g/mol. The summed E-state index contributed by atoms with van der Waals surface area (Å²) in [6.07, 6.45) is 6.80. The predicted molar refractivity (Wildman–Crippen MR) is 185 cm³/mol. The van der Waals surface area contributed by atoms with E-state index in [0.29, 0.717) is 0 Å². The smallest absolute Gasteiger partial charge is 0.160 e. The van der Waals surface area contributed by atoms with Crippen LogP contribution >= 0.6 is 0 Å². The van der Waals surface area contributed by atoms with Crippen molar-refractivity contribution < 1.29 is 0 Å². The Bertz CT molecular complexity index is 2360. The van der Waals surface area contributed by atoms with Crippen LogP contribution in [0.1, 0.15) is 35.4 Å². The molecule has 0 saturated carbocycles. The Morgan fingerprint density at radius 3 is 2.15 bits per heavy atom. The zero-order valence-corrected chi connectivity index (χ0v) is 25.1. The Morgan fingerprint density at radius 2 is 1.30 bits per heavy atom. The van der Waals surface area contributed by atoms with Crippen LogP contribution in [0.4, 0.5) is 0 Å². The van der Waals surface area contributed by atoms with Crippen LogP contribution in [0.25, 0.3) is 56.2 Å². The quantitative estimate of drug-likeness (QED) is 0.206. The molecule has 1 spiro atoms. The van der Waals surface area contributed by atoms with Crippen LogP contribution in [0.5, 0.6) is 0 Å². The van der Waals surface area contributed by atoms with E-state index in [9.17, 15) is 0 Å². The molecule has 4 nitrogen and oxygen atoms in total. The van der Waals surface area contributed by atoms with Crippen LogP contribution in [0.3, 0.4) is 0 Å². The van der Waals surface area contributed by atoms with Gasteiger partial charge in [0.25, 0.3) is 0 Å². The number of fused-ring (bicyclic) bond motifs is 11. The molecule has 4 heteroatoms. The van der Waals surface area contributed by atoms with Crippen molar-refractivity contribution in [2.45, 2.75) is 18.3 Å². The van der Waals surface area contributed by atoms with E-state index in [4.69, 9.17) is 15.0 Å². The Kier molecular flexibility index (Phi) is 5.29. The number of para-hydroxylation sites is 2. The minimum Gasteiger partial charge on any atom is -0.295 e. The van der Waals surface area contributed by atoms with Crippen LogP contribution in [-0.2, 0) is 5.41 Å². The first kappa shape index (κ1) is 25.5. The lowest BCUT2D eigenvalue weighted by Crippen LogP contribution is -2.28. The maximum absolute atomic E-state index is 5.41. The summed E-state index contributed by atoms with van der Waals surface area (Å²) in [5.74, 6) is 1.79. The molecule has 3 heterocycles. The number of rotatable bonds is 3. The molecule has 1 aliphatic heterocycles. The fourth-order valence-corrected chi connectivity index (χ4v) is 7.95. The number of hydrogen-bond donors (Lipinski definition) is 0. The van der Waals surface area contributed by atoms with Gasteiger partial charge < -0.3 is 0 Å². The van der Waals surface area contributed by atoms with Crippen LogP contribution < -0.4 is 0 Å². The van der Waals surface area contributed by atoms with Gasteiger partial charge in [0, 0.05) is 16.7 Å². The molecule has 216 valence electrons. The van der Waals surface area contributed by atoms with Gasteiger partial charge in [0.2, 0.25) is 0 Å². The normalized spacial score (nSPS) is 17.3. The average molecular weight is 589 g/mol. The minimum atomic E-state index is -0.509. The second kappa shape index (κ2) is 9.56. The van der Waals surface area contributed by atoms with E-state index in [1.54, 1.807) is 0 Å². The zero-order valence-electron chi connectivity index (χ0n) is 25.1. The largest absolute Gasteiger partial charge is 0.295 e. The van der Waals surface area contributed by atoms with E-state index >= 15 is 0 Å². The van der Waals surface area contributed by atoms with E-state index in [0.717, 1.165) is 63.6 Å². The van der Waals surface area contributed by atoms with Crippen molar-refractivity contribution in [2.24, 2.45) is 0 Å². The lowest BCUT2D eigenvalue weighted by molar-refractivity contribution is 0.728. The van der Waals surface area contributed by atoms with Gasteiger partial charge in [-0.2, -0.15) is 0 Å². The Balaban J connectivity index is 1.27. The van der Waals surface area contributed by atoms with Gasteiger partial charge in [0.05, 0.1) is 28.1 Å². The number of benzene rings is 5. The van der Waals surface area contributed by atoms with Gasteiger partial charge in [0.1, 0.15) is 11.2 Å². The molecule has 0 fully saturated rings. The van der Waals surface area contributed by atoms with Gasteiger partial charge in [-0.3, -0.25) is 4.57 Å². The van der Waals surface area contributed by atoms with Gasteiger partial charge in [-0.05, 0) is 71.0 Å². The zero-order chi connectivity index (χ0) is 30.2. The van der Waals surface area contributed by atoms with Crippen molar-refractivity contribution in [3.63, 3.8) is 0 Å². The first-order chi connectivity index (χ1) is 22.8. The molecule has 1 unspecified atom stereocenters. The summed E-state index contributed by atoms with van der Waals surface area (Å²) in [4.78, 5) is 15.6. The average Bonchev–Trinajstić information content (AvgIpc) is 3.76. The van der Waals surface area contributed by atoms with Crippen molar-refractivity contribution in [3.05, 3.63) is 174 Å². The Morgan fingerprint density at radius 1 is 0.587 bits per heavy atom. The first-order valence-electron chi connectivity index (χ1n) is 15.9. The fraction of sp³-hybridized carbons (Fsp3) is 0.0714. The van der Waals surface area contributed by atoms with Crippen LogP contribution in [-0.4, -0.2) is 19.5 Å². The van der Waals surface area contributed by atoms with Crippen LogP contribution in [0.2, 0.25) is 0 Å². The molecule has 10 rings (SSSR count). The van der Waals surface area contributed by atoms with Crippen LogP contribution in [0, 0.1) is 0 Å². The summed E-state index contributed by atoms with van der Waals surface area (Å²) in [6.45, 7) is 0. The van der Waals surface area contributed by atoms with Crippen molar-refractivity contribution in [2.75, 3.05) is 0 Å². The topological polar surface area (TPSA) is 43.6 Å². The predicted octanol–water partition coefficient (Wildman–Crippen LogP) is 9.58. The summed E-state index contributed by atoms with van der Waals surface area (Å²) >= 11 is 0. The molecular formula is C42H28N4. The van der Waals surface area contributed by atoms with E-state index < -0.39 is 5.41 Å². The summed E-state index contributed by atoms with van der Waals surface area (Å²) < 4.78 is 2.40. The molecule has 3 aliphatic rings.